The highest BCUT2D eigenvalue weighted by atomic mass is 16.2. The van der Waals surface area contributed by atoms with Gasteiger partial charge in [0.15, 0.2) is 0 Å². The van der Waals surface area contributed by atoms with E-state index in [2.05, 4.69) is 27.4 Å². The quantitative estimate of drug-likeness (QED) is 0.745. The molecule has 0 spiro atoms. The minimum absolute atomic E-state index is 0.0883. The van der Waals surface area contributed by atoms with Gasteiger partial charge in [0.05, 0.1) is 5.41 Å². The highest BCUT2D eigenvalue weighted by Gasteiger charge is 2.43. The van der Waals surface area contributed by atoms with Crippen molar-refractivity contribution in [3.8, 4) is 11.1 Å². The van der Waals surface area contributed by atoms with Crippen LogP contribution in [0.1, 0.15) is 57.9 Å². The third kappa shape index (κ3) is 5.00. The van der Waals surface area contributed by atoms with Crippen molar-refractivity contribution in [2.24, 2.45) is 11.3 Å². The van der Waals surface area contributed by atoms with Gasteiger partial charge >= 0.3 is 0 Å². The molecule has 6 heteroatoms. The van der Waals surface area contributed by atoms with Crippen LogP contribution in [0.4, 0.5) is 0 Å². The summed E-state index contributed by atoms with van der Waals surface area (Å²) in [7, 11) is 0. The molecule has 32 heavy (non-hydrogen) atoms. The lowest BCUT2D eigenvalue weighted by molar-refractivity contribution is -0.143. The minimum Gasteiger partial charge on any atom is -0.353 e. The second-order valence-corrected chi connectivity index (χ2v) is 9.72. The van der Waals surface area contributed by atoms with Gasteiger partial charge in [0.25, 0.3) is 0 Å². The Morgan fingerprint density at radius 3 is 2.44 bits per heavy atom. The Balaban J connectivity index is 1.53. The number of rotatable bonds is 6. The molecule has 1 N–H and O–H groups in total. The first-order chi connectivity index (χ1) is 15.5. The minimum atomic E-state index is -0.497. The number of likely N-dealkylation sites (tertiary alicyclic amines) is 1. The molecule has 1 saturated heterocycles. The molecular formula is C26H34N4O2. The summed E-state index contributed by atoms with van der Waals surface area (Å²) in [4.78, 5) is 36.6. The number of benzene rings is 1. The number of piperidine rings is 1. The van der Waals surface area contributed by atoms with Crippen LogP contribution in [0.2, 0.25) is 0 Å². The van der Waals surface area contributed by atoms with E-state index in [9.17, 15) is 9.59 Å². The van der Waals surface area contributed by atoms with Crippen molar-refractivity contribution in [3.05, 3.63) is 48.5 Å². The molecule has 1 aromatic heterocycles. The monoisotopic (exact) mass is 434 g/mol. The van der Waals surface area contributed by atoms with Crippen molar-refractivity contribution in [2.45, 2.75) is 64.8 Å². The topological polar surface area (TPSA) is 75.2 Å². The van der Waals surface area contributed by atoms with E-state index in [4.69, 9.17) is 0 Å². The SMILES string of the molecule is CC(C)NC(=O)C1(Cc2cccc(-c3cncnc3)c2)CCN(C(=O)C2CCCC2)CC1. The predicted octanol–water partition coefficient (Wildman–Crippen LogP) is 4.01. The molecule has 1 aromatic carbocycles. The summed E-state index contributed by atoms with van der Waals surface area (Å²) < 4.78 is 0. The fourth-order valence-corrected chi connectivity index (χ4v) is 5.19. The van der Waals surface area contributed by atoms with E-state index in [-0.39, 0.29) is 17.9 Å². The van der Waals surface area contributed by atoms with Gasteiger partial charge in [-0.1, -0.05) is 37.1 Å². The second-order valence-electron chi connectivity index (χ2n) is 9.72. The lowest BCUT2D eigenvalue weighted by Crippen LogP contribution is -2.53. The average molecular weight is 435 g/mol. The fourth-order valence-electron chi connectivity index (χ4n) is 5.19. The molecule has 2 aromatic rings. The summed E-state index contributed by atoms with van der Waals surface area (Å²) in [6.45, 7) is 5.32. The van der Waals surface area contributed by atoms with E-state index in [0.717, 1.165) is 42.4 Å². The van der Waals surface area contributed by atoms with Crippen LogP contribution in [-0.2, 0) is 16.0 Å². The van der Waals surface area contributed by atoms with Gasteiger partial charge < -0.3 is 10.2 Å². The highest BCUT2D eigenvalue weighted by molar-refractivity contribution is 5.84. The number of amides is 2. The Hall–Kier alpha value is -2.76. The molecule has 1 saturated carbocycles. The first kappa shape index (κ1) is 22.4. The fraction of sp³-hybridized carbons (Fsp3) is 0.538. The number of hydrogen-bond donors (Lipinski definition) is 1. The van der Waals surface area contributed by atoms with Crippen molar-refractivity contribution in [1.29, 1.82) is 0 Å². The van der Waals surface area contributed by atoms with Crippen LogP contribution in [0, 0.1) is 11.3 Å². The lowest BCUT2D eigenvalue weighted by Gasteiger charge is -2.42. The predicted molar refractivity (Wildman–Crippen MR) is 125 cm³/mol. The van der Waals surface area contributed by atoms with Gasteiger partial charge in [-0.25, -0.2) is 9.97 Å². The van der Waals surface area contributed by atoms with Crippen LogP contribution in [0.15, 0.2) is 43.0 Å². The Labute approximate surface area is 190 Å². The maximum atomic E-state index is 13.4. The molecule has 2 amide bonds. The van der Waals surface area contributed by atoms with E-state index in [1.807, 2.05) is 30.9 Å². The van der Waals surface area contributed by atoms with Crippen molar-refractivity contribution < 1.29 is 9.59 Å². The van der Waals surface area contributed by atoms with Crippen LogP contribution in [0.5, 0.6) is 0 Å². The van der Waals surface area contributed by atoms with Gasteiger partial charge in [0.1, 0.15) is 6.33 Å². The van der Waals surface area contributed by atoms with E-state index >= 15 is 0 Å². The largest absolute Gasteiger partial charge is 0.353 e. The molecule has 170 valence electrons. The summed E-state index contributed by atoms with van der Waals surface area (Å²) >= 11 is 0. The summed E-state index contributed by atoms with van der Waals surface area (Å²) in [5, 5.41) is 3.16. The number of nitrogens with zero attached hydrogens (tertiary/aromatic N) is 3. The van der Waals surface area contributed by atoms with Crippen LogP contribution >= 0.6 is 0 Å². The molecule has 0 radical (unpaired) electrons. The number of carbonyl (C=O) groups excluding carboxylic acids is 2. The zero-order chi connectivity index (χ0) is 22.6. The highest BCUT2D eigenvalue weighted by Crippen LogP contribution is 2.38. The number of hydrogen-bond acceptors (Lipinski definition) is 4. The number of aromatic nitrogens is 2. The Morgan fingerprint density at radius 2 is 1.78 bits per heavy atom. The Bertz CT molecular complexity index is 930. The normalized spacial score (nSPS) is 18.7. The number of carbonyl (C=O) groups is 2. The molecular weight excluding hydrogens is 400 g/mol. The van der Waals surface area contributed by atoms with Crippen molar-refractivity contribution in [3.63, 3.8) is 0 Å². The third-order valence-corrected chi connectivity index (χ3v) is 7.00. The molecule has 0 atom stereocenters. The maximum absolute atomic E-state index is 13.4. The van der Waals surface area contributed by atoms with Gasteiger partial charge in [0.2, 0.25) is 11.8 Å². The first-order valence-corrected chi connectivity index (χ1v) is 11.9. The van der Waals surface area contributed by atoms with Crippen molar-refractivity contribution >= 4 is 11.8 Å². The molecule has 6 nitrogen and oxygen atoms in total. The Morgan fingerprint density at radius 1 is 1.09 bits per heavy atom. The standard InChI is InChI=1S/C26H34N4O2/c1-19(2)29-25(32)26(10-12-30(13-11-26)24(31)21-7-3-4-8-21)15-20-6-5-9-22(14-20)23-16-27-18-28-17-23/h5-6,9,14,16-19,21H,3-4,7-8,10-13,15H2,1-2H3,(H,29,32). The summed E-state index contributed by atoms with van der Waals surface area (Å²) in [5.41, 5.74) is 2.65. The van der Waals surface area contributed by atoms with E-state index < -0.39 is 5.41 Å². The summed E-state index contributed by atoms with van der Waals surface area (Å²) in [6.07, 6.45) is 11.6. The zero-order valence-electron chi connectivity index (χ0n) is 19.2. The molecule has 4 rings (SSSR count). The summed E-state index contributed by atoms with van der Waals surface area (Å²) in [6, 6.07) is 8.40. The molecule has 2 heterocycles. The van der Waals surface area contributed by atoms with E-state index in [1.54, 1.807) is 12.4 Å². The van der Waals surface area contributed by atoms with Gasteiger partial charge in [-0.05, 0) is 57.1 Å². The van der Waals surface area contributed by atoms with E-state index in [0.29, 0.717) is 38.3 Å². The third-order valence-electron chi connectivity index (χ3n) is 7.00. The number of nitrogens with one attached hydrogen (secondary N) is 1. The van der Waals surface area contributed by atoms with Crippen molar-refractivity contribution in [1.82, 2.24) is 20.2 Å². The maximum Gasteiger partial charge on any atom is 0.226 e. The molecule has 2 fully saturated rings. The zero-order valence-corrected chi connectivity index (χ0v) is 19.2. The molecule has 1 aliphatic carbocycles. The van der Waals surface area contributed by atoms with E-state index in [1.165, 1.54) is 6.33 Å². The van der Waals surface area contributed by atoms with Gasteiger partial charge in [-0.3, -0.25) is 9.59 Å². The van der Waals surface area contributed by atoms with Crippen LogP contribution < -0.4 is 5.32 Å². The van der Waals surface area contributed by atoms with Crippen LogP contribution in [0.25, 0.3) is 11.1 Å². The first-order valence-electron chi connectivity index (χ1n) is 11.9. The molecule has 2 aliphatic rings. The smallest absolute Gasteiger partial charge is 0.226 e. The van der Waals surface area contributed by atoms with Gasteiger partial charge in [0, 0.05) is 43.0 Å². The van der Waals surface area contributed by atoms with Crippen LogP contribution in [-0.4, -0.2) is 45.8 Å². The lowest BCUT2D eigenvalue weighted by atomic mass is 9.72. The van der Waals surface area contributed by atoms with Gasteiger partial charge in [-0.2, -0.15) is 0 Å². The Kier molecular flexibility index (Phi) is 6.87. The van der Waals surface area contributed by atoms with Gasteiger partial charge in [-0.15, -0.1) is 0 Å². The molecule has 1 aliphatic heterocycles. The second kappa shape index (κ2) is 9.80. The van der Waals surface area contributed by atoms with Crippen LogP contribution in [0.3, 0.4) is 0 Å². The van der Waals surface area contributed by atoms with Crippen molar-refractivity contribution in [2.75, 3.05) is 13.1 Å². The molecule has 0 bridgehead atoms. The molecule has 0 unspecified atom stereocenters. The average Bonchev–Trinajstić information content (AvgIpc) is 3.34. The summed E-state index contributed by atoms with van der Waals surface area (Å²) in [5.74, 6) is 0.595.